The lowest BCUT2D eigenvalue weighted by Gasteiger charge is -2.23. The molecule has 0 bridgehead atoms. The van der Waals surface area contributed by atoms with Gasteiger partial charge in [0, 0.05) is 10.0 Å². The maximum Gasteiger partial charge on any atom is 0.436 e. The lowest BCUT2D eigenvalue weighted by molar-refractivity contribution is -0.141. The van der Waals surface area contributed by atoms with Gasteiger partial charge in [-0.25, -0.2) is 4.68 Å². The molecule has 1 unspecified atom stereocenters. The molecular weight excluding hydrogens is 439 g/mol. The van der Waals surface area contributed by atoms with Crippen molar-refractivity contribution in [1.82, 2.24) is 9.78 Å². The van der Waals surface area contributed by atoms with Crippen molar-refractivity contribution in [2.75, 3.05) is 0 Å². The second-order valence-corrected chi connectivity index (χ2v) is 12.0. The molecule has 10 heteroatoms. The number of alkyl halides is 3. The highest BCUT2D eigenvalue weighted by atomic mass is 79.9. The van der Waals surface area contributed by atoms with Crippen molar-refractivity contribution in [3.63, 3.8) is 0 Å². The van der Waals surface area contributed by atoms with Gasteiger partial charge in [-0.05, 0) is 37.8 Å². The summed E-state index contributed by atoms with van der Waals surface area (Å²) in [6, 6.07) is 6.89. The van der Waals surface area contributed by atoms with Crippen molar-refractivity contribution >= 4 is 35.8 Å². The Morgan fingerprint density at radius 3 is 2.48 bits per heavy atom. The molecule has 0 aliphatic carbocycles. The van der Waals surface area contributed by atoms with E-state index in [0.717, 1.165) is 10.9 Å². The second kappa shape index (κ2) is 7.11. The minimum atomic E-state index is -4.67. The fourth-order valence-electron chi connectivity index (χ4n) is 2.13. The standard InChI is InChI=1S/C15H14BrClF3N3OSi/c1-25(2,3)24-13(7-21)10-6-9(16)4-5-12(10)23-8-11(17)14(22-23)15(18,19)20/h4-6,8,13H,1-3H3. The molecule has 1 aromatic heterocycles. The maximum absolute atomic E-state index is 13.0. The predicted octanol–water partition coefficient (Wildman–Crippen LogP) is 5.72. The van der Waals surface area contributed by atoms with Crippen LogP contribution in [0.1, 0.15) is 17.4 Å². The van der Waals surface area contributed by atoms with Gasteiger partial charge in [0.1, 0.15) is 0 Å². The zero-order valence-electron chi connectivity index (χ0n) is 13.5. The first-order valence-corrected chi connectivity index (χ1v) is 11.7. The largest absolute Gasteiger partial charge is 0.436 e. The van der Waals surface area contributed by atoms with Gasteiger partial charge < -0.3 is 4.43 Å². The number of nitrogens with zero attached hydrogens (tertiary/aromatic N) is 3. The van der Waals surface area contributed by atoms with Crippen LogP contribution in [0.25, 0.3) is 5.69 Å². The Labute approximate surface area is 157 Å². The van der Waals surface area contributed by atoms with Crippen molar-refractivity contribution in [3.8, 4) is 11.8 Å². The molecule has 0 amide bonds. The highest BCUT2D eigenvalue weighted by Crippen LogP contribution is 2.35. The third-order valence-corrected chi connectivity index (χ3v) is 4.76. The second-order valence-electron chi connectivity index (χ2n) is 6.21. The fraction of sp³-hybridized carbons (Fsp3) is 0.333. The van der Waals surface area contributed by atoms with E-state index in [4.69, 9.17) is 16.0 Å². The molecule has 2 aromatic rings. The van der Waals surface area contributed by atoms with E-state index >= 15 is 0 Å². The first kappa shape index (κ1) is 20.0. The molecule has 134 valence electrons. The number of hydrogen-bond donors (Lipinski definition) is 0. The van der Waals surface area contributed by atoms with Gasteiger partial charge in [-0.15, -0.1) is 0 Å². The molecule has 0 spiro atoms. The normalized spacial score (nSPS) is 13.6. The van der Waals surface area contributed by atoms with Crippen LogP contribution < -0.4 is 0 Å². The number of aromatic nitrogens is 2. The smallest absolute Gasteiger partial charge is 0.399 e. The summed E-state index contributed by atoms with van der Waals surface area (Å²) in [5.74, 6) is 0. The Morgan fingerprint density at radius 1 is 1.36 bits per heavy atom. The van der Waals surface area contributed by atoms with E-state index in [0.29, 0.717) is 15.7 Å². The Bertz CT molecular complexity index is 827. The van der Waals surface area contributed by atoms with Gasteiger partial charge in [0.05, 0.1) is 23.0 Å². The molecule has 0 N–H and O–H groups in total. The van der Waals surface area contributed by atoms with Gasteiger partial charge in [0.15, 0.2) is 20.1 Å². The lowest BCUT2D eigenvalue weighted by Crippen LogP contribution is -2.28. The summed E-state index contributed by atoms with van der Waals surface area (Å²) >= 11 is 8.99. The van der Waals surface area contributed by atoms with Crippen LogP contribution in [-0.4, -0.2) is 18.1 Å². The molecule has 0 fully saturated rings. The van der Waals surface area contributed by atoms with E-state index in [-0.39, 0.29) is 0 Å². The molecule has 0 aliphatic heterocycles. The van der Waals surface area contributed by atoms with Crippen molar-refractivity contribution < 1.29 is 17.6 Å². The minimum Gasteiger partial charge on any atom is -0.399 e. The molecule has 2 rings (SSSR count). The maximum atomic E-state index is 13.0. The Morgan fingerprint density at radius 2 is 2.00 bits per heavy atom. The molecule has 0 saturated heterocycles. The zero-order chi connectivity index (χ0) is 19.0. The predicted molar refractivity (Wildman–Crippen MR) is 94.1 cm³/mol. The van der Waals surface area contributed by atoms with E-state index in [9.17, 15) is 18.4 Å². The first-order chi connectivity index (χ1) is 11.4. The van der Waals surface area contributed by atoms with E-state index < -0.39 is 31.3 Å². The van der Waals surface area contributed by atoms with Crippen molar-refractivity contribution in [2.24, 2.45) is 0 Å². The van der Waals surface area contributed by atoms with Crippen molar-refractivity contribution in [3.05, 3.63) is 45.1 Å². The lowest BCUT2D eigenvalue weighted by atomic mass is 10.1. The molecular formula is C15H14BrClF3N3OSi. The third kappa shape index (κ3) is 4.85. The van der Waals surface area contributed by atoms with Crippen LogP contribution in [0.4, 0.5) is 13.2 Å². The summed E-state index contributed by atoms with van der Waals surface area (Å²) in [5.41, 5.74) is -0.472. The zero-order valence-corrected chi connectivity index (χ0v) is 16.9. The van der Waals surface area contributed by atoms with Gasteiger partial charge in [0.2, 0.25) is 0 Å². The third-order valence-electron chi connectivity index (χ3n) is 3.05. The average molecular weight is 453 g/mol. The van der Waals surface area contributed by atoms with Crippen LogP contribution in [0.2, 0.25) is 24.7 Å². The van der Waals surface area contributed by atoms with E-state index in [1.807, 2.05) is 19.6 Å². The van der Waals surface area contributed by atoms with E-state index in [1.165, 1.54) is 0 Å². The molecule has 4 nitrogen and oxygen atoms in total. The van der Waals surface area contributed by atoms with Crippen molar-refractivity contribution in [1.29, 1.82) is 5.26 Å². The monoisotopic (exact) mass is 451 g/mol. The topological polar surface area (TPSA) is 50.8 Å². The summed E-state index contributed by atoms with van der Waals surface area (Å²) in [7, 11) is -2.07. The highest BCUT2D eigenvalue weighted by Gasteiger charge is 2.37. The van der Waals surface area contributed by atoms with Crippen LogP contribution in [-0.2, 0) is 10.6 Å². The number of halogens is 5. The molecule has 0 radical (unpaired) electrons. The van der Waals surface area contributed by atoms with Gasteiger partial charge in [-0.1, -0.05) is 27.5 Å². The van der Waals surface area contributed by atoms with E-state index in [1.54, 1.807) is 18.2 Å². The van der Waals surface area contributed by atoms with Crippen molar-refractivity contribution in [2.45, 2.75) is 31.9 Å². The Hall–Kier alpha value is -1.34. The summed E-state index contributed by atoms with van der Waals surface area (Å²) in [5, 5.41) is 12.5. The molecule has 0 saturated carbocycles. The highest BCUT2D eigenvalue weighted by molar-refractivity contribution is 9.10. The van der Waals surface area contributed by atoms with Crippen LogP contribution in [0.15, 0.2) is 28.9 Å². The molecule has 25 heavy (non-hydrogen) atoms. The SMILES string of the molecule is C[Si](C)(C)OC(C#N)c1cc(Br)ccc1-n1cc(Cl)c(C(F)(F)F)n1. The number of rotatable bonds is 4. The number of benzene rings is 1. The Kier molecular flexibility index (Phi) is 5.68. The van der Waals surface area contributed by atoms with Gasteiger partial charge in [0.25, 0.3) is 0 Å². The number of hydrogen-bond acceptors (Lipinski definition) is 3. The van der Waals surface area contributed by atoms with E-state index in [2.05, 4.69) is 27.1 Å². The molecule has 0 aliphatic rings. The summed E-state index contributed by atoms with van der Waals surface area (Å²) < 4.78 is 46.4. The molecule has 1 aromatic carbocycles. The van der Waals surface area contributed by atoms with Crippen LogP contribution in [0, 0.1) is 11.3 Å². The Balaban J connectivity index is 2.59. The van der Waals surface area contributed by atoms with Crippen LogP contribution in [0.5, 0.6) is 0 Å². The minimum absolute atomic E-state index is 0.297. The summed E-state index contributed by atoms with van der Waals surface area (Å²) in [6.07, 6.45) is -4.53. The van der Waals surface area contributed by atoms with Gasteiger partial charge in [-0.2, -0.15) is 23.5 Å². The average Bonchev–Trinajstić information content (AvgIpc) is 2.85. The van der Waals surface area contributed by atoms with Gasteiger partial charge >= 0.3 is 6.18 Å². The number of nitriles is 1. The summed E-state index contributed by atoms with van der Waals surface area (Å²) in [6.45, 7) is 5.75. The molecule has 1 atom stereocenters. The molecule has 1 heterocycles. The first-order valence-electron chi connectivity index (χ1n) is 7.12. The fourth-order valence-corrected chi connectivity index (χ4v) is 3.63. The van der Waals surface area contributed by atoms with Gasteiger partial charge in [-0.3, -0.25) is 0 Å². The quantitative estimate of drug-likeness (QED) is 0.557. The van der Waals surface area contributed by atoms with Crippen LogP contribution >= 0.6 is 27.5 Å². The van der Waals surface area contributed by atoms with Crippen LogP contribution in [0.3, 0.4) is 0 Å². The summed E-state index contributed by atoms with van der Waals surface area (Å²) in [4.78, 5) is 0.